The van der Waals surface area contributed by atoms with Gasteiger partial charge in [0.15, 0.2) is 11.7 Å². The van der Waals surface area contributed by atoms with Crippen molar-refractivity contribution in [1.29, 1.82) is 0 Å². The minimum Gasteiger partial charge on any atom is -0.545 e. The summed E-state index contributed by atoms with van der Waals surface area (Å²) in [6.45, 7) is -0.602. The Morgan fingerprint density at radius 2 is 2.00 bits per heavy atom. The third-order valence-electron chi connectivity index (χ3n) is 4.09. The van der Waals surface area contributed by atoms with Crippen molar-refractivity contribution in [3.63, 3.8) is 0 Å². The second-order valence-corrected chi connectivity index (χ2v) is 5.99. The number of carboxylic acid groups (broad SMARTS) is 1. The number of aromatic nitrogens is 1. The van der Waals surface area contributed by atoms with Gasteiger partial charge in [0.05, 0.1) is 28.7 Å². The van der Waals surface area contributed by atoms with Crippen LogP contribution in [0.25, 0.3) is 10.9 Å². The number of fused-ring (bicyclic) bond motifs is 1. The minimum absolute atomic E-state index is 0. The van der Waals surface area contributed by atoms with E-state index in [9.17, 15) is 29.3 Å². The van der Waals surface area contributed by atoms with Gasteiger partial charge in [0, 0.05) is 11.6 Å². The molecule has 1 fully saturated rings. The molecule has 1 saturated heterocycles. The maximum Gasteiger partial charge on any atom is 1.00 e. The zero-order valence-corrected chi connectivity index (χ0v) is 16.2. The summed E-state index contributed by atoms with van der Waals surface area (Å²) in [4.78, 5) is 23.4. The Kier molecular flexibility index (Phi) is 6.47. The van der Waals surface area contributed by atoms with E-state index in [1.165, 1.54) is 0 Å². The Labute approximate surface area is 172 Å². The van der Waals surface area contributed by atoms with Crippen LogP contribution in [0.2, 0.25) is 5.02 Å². The van der Waals surface area contributed by atoms with E-state index >= 15 is 0 Å². The number of pyridine rings is 1. The number of carboxylic acids is 1. The van der Waals surface area contributed by atoms with E-state index < -0.39 is 53.9 Å². The van der Waals surface area contributed by atoms with Crippen LogP contribution < -0.4 is 40.1 Å². The molecule has 11 heteroatoms. The van der Waals surface area contributed by atoms with Crippen LogP contribution in [0.1, 0.15) is 16.6 Å². The van der Waals surface area contributed by atoms with Crippen molar-refractivity contribution in [1.82, 2.24) is 4.57 Å². The number of aliphatic hydroxyl groups is 3. The first-order valence-electron chi connectivity index (χ1n) is 7.14. The molecule has 0 aliphatic carbocycles. The number of aliphatic hydroxyl groups excluding tert-OH is 3. The van der Waals surface area contributed by atoms with Crippen LogP contribution in [0.3, 0.4) is 0 Å². The van der Waals surface area contributed by atoms with Gasteiger partial charge < -0.3 is 34.5 Å². The zero-order valence-electron chi connectivity index (χ0n) is 13.4. The van der Waals surface area contributed by atoms with E-state index in [1.54, 1.807) is 0 Å². The number of aromatic carboxylic acids is 1. The number of halogens is 2. The molecule has 8 nitrogen and oxygen atoms in total. The van der Waals surface area contributed by atoms with Gasteiger partial charge in [-0.1, -0.05) is 11.6 Å². The van der Waals surface area contributed by atoms with Gasteiger partial charge in [-0.05, 0) is 12.1 Å². The first-order chi connectivity index (χ1) is 11.8. The Balaban J connectivity index is 0.00000243. The van der Waals surface area contributed by atoms with E-state index in [0.717, 1.165) is 22.9 Å². The molecule has 1 aromatic heterocycles. The second kappa shape index (κ2) is 7.91. The van der Waals surface area contributed by atoms with Crippen molar-refractivity contribution in [2.75, 3.05) is 6.61 Å². The largest absolute Gasteiger partial charge is 1.00 e. The van der Waals surface area contributed by atoms with Crippen LogP contribution in [0.5, 0.6) is 0 Å². The SMILES string of the molecule is O=C([O-])c1cn([C@@H]2O[C@H](CO)[C@@H](O)[C@H]2O)c2cc(Cl)c(F)cc2c1=O.[Na+]. The Morgan fingerprint density at radius 1 is 1.35 bits per heavy atom. The van der Waals surface area contributed by atoms with Crippen LogP contribution in [-0.2, 0) is 4.74 Å². The Morgan fingerprint density at radius 3 is 2.54 bits per heavy atom. The molecule has 2 aromatic rings. The molecule has 4 atom stereocenters. The third kappa shape index (κ3) is 3.41. The number of hydrogen-bond acceptors (Lipinski definition) is 7. The Hall–Kier alpha value is -1.04. The summed E-state index contributed by atoms with van der Waals surface area (Å²) >= 11 is 5.73. The van der Waals surface area contributed by atoms with E-state index in [0.29, 0.717) is 0 Å². The molecule has 0 unspecified atom stereocenters. The molecule has 134 valence electrons. The summed E-state index contributed by atoms with van der Waals surface area (Å²) in [5.74, 6) is -2.74. The molecule has 0 bridgehead atoms. The maximum absolute atomic E-state index is 13.7. The van der Waals surface area contributed by atoms with Crippen LogP contribution in [-0.4, -0.2) is 50.8 Å². The summed E-state index contributed by atoms with van der Waals surface area (Å²) in [6.07, 6.45) is -4.60. The average Bonchev–Trinajstić information content (AvgIpc) is 2.85. The van der Waals surface area contributed by atoms with Crippen molar-refractivity contribution in [3.05, 3.63) is 45.0 Å². The Bertz CT molecular complexity index is 921. The van der Waals surface area contributed by atoms with Gasteiger partial charge in [-0.2, -0.15) is 0 Å². The second-order valence-electron chi connectivity index (χ2n) is 5.58. The molecule has 26 heavy (non-hydrogen) atoms. The molecule has 3 N–H and O–H groups in total. The van der Waals surface area contributed by atoms with Gasteiger partial charge in [-0.25, -0.2) is 4.39 Å². The van der Waals surface area contributed by atoms with Crippen molar-refractivity contribution < 1.29 is 63.9 Å². The summed E-state index contributed by atoms with van der Waals surface area (Å²) < 4.78 is 20.1. The molecule has 0 amide bonds. The van der Waals surface area contributed by atoms with Crippen molar-refractivity contribution in [3.8, 4) is 0 Å². The normalized spacial score (nSPS) is 25.3. The van der Waals surface area contributed by atoms with Crippen LogP contribution >= 0.6 is 11.6 Å². The summed E-state index contributed by atoms with van der Waals surface area (Å²) in [5, 5.41) is 39.7. The summed E-state index contributed by atoms with van der Waals surface area (Å²) in [5.41, 5.74) is -1.79. The molecule has 1 aromatic carbocycles. The monoisotopic (exact) mass is 395 g/mol. The quantitative estimate of drug-likeness (QED) is 0.449. The van der Waals surface area contributed by atoms with Gasteiger partial charge in [0.2, 0.25) is 0 Å². The number of nitrogens with zero attached hydrogens (tertiary/aromatic N) is 1. The van der Waals surface area contributed by atoms with Crippen LogP contribution in [0, 0.1) is 5.82 Å². The molecule has 1 aliphatic rings. The zero-order chi connectivity index (χ0) is 18.5. The predicted molar refractivity (Wildman–Crippen MR) is 80.5 cm³/mol. The van der Waals surface area contributed by atoms with E-state index in [-0.39, 0.29) is 45.5 Å². The molecular weight excluding hydrogens is 384 g/mol. The van der Waals surface area contributed by atoms with Crippen molar-refractivity contribution >= 4 is 28.5 Å². The smallest absolute Gasteiger partial charge is 0.545 e. The van der Waals surface area contributed by atoms with Gasteiger partial charge in [-0.15, -0.1) is 0 Å². The minimum atomic E-state index is -1.80. The number of hydrogen-bond donors (Lipinski definition) is 3. The number of rotatable bonds is 3. The number of ether oxygens (including phenoxy) is 1. The molecule has 1 aliphatic heterocycles. The number of carbonyl (C=O) groups is 1. The van der Waals surface area contributed by atoms with Crippen molar-refractivity contribution in [2.45, 2.75) is 24.5 Å². The maximum atomic E-state index is 13.7. The first-order valence-corrected chi connectivity index (χ1v) is 7.51. The molecule has 0 saturated carbocycles. The van der Waals surface area contributed by atoms with E-state index in [2.05, 4.69) is 0 Å². The topological polar surface area (TPSA) is 132 Å². The molecule has 2 heterocycles. The number of carbonyl (C=O) groups excluding carboxylic acids is 1. The standard InChI is InChI=1S/C15H13ClFNO7.Na/c16-7-2-9-5(1-8(7)17)11(20)6(15(23)24)3-18(9)14-13(22)12(21)10(4-19)25-14;/h1-3,10,12-14,19,21-22H,4H2,(H,23,24);/q;+1/p-1/t10-,12-,13-,14-;/m1./s1. The molecule has 0 spiro atoms. The van der Waals surface area contributed by atoms with Crippen molar-refractivity contribution in [2.24, 2.45) is 0 Å². The fraction of sp³-hybridized carbons (Fsp3) is 0.333. The summed E-state index contributed by atoms with van der Waals surface area (Å²) in [7, 11) is 0. The van der Waals surface area contributed by atoms with E-state index in [1.807, 2.05) is 0 Å². The molecular formula is C15H12ClFNNaO7. The average molecular weight is 396 g/mol. The van der Waals surface area contributed by atoms with E-state index in [4.69, 9.17) is 21.4 Å². The van der Waals surface area contributed by atoms with Gasteiger partial charge in [0.1, 0.15) is 24.1 Å². The predicted octanol–water partition coefficient (Wildman–Crippen LogP) is -4.23. The molecule has 3 rings (SSSR count). The van der Waals surface area contributed by atoms with Gasteiger partial charge in [-0.3, -0.25) is 4.79 Å². The van der Waals surface area contributed by atoms with Crippen LogP contribution in [0.4, 0.5) is 4.39 Å². The first kappa shape index (κ1) is 21.3. The third-order valence-corrected chi connectivity index (χ3v) is 4.38. The summed E-state index contributed by atoms with van der Waals surface area (Å²) in [6, 6.07) is 1.84. The fourth-order valence-corrected chi connectivity index (χ4v) is 2.97. The van der Waals surface area contributed by atoms with Gasteiger partial charge in [0.25, 0.3) is 0 Å². The van der Waals surface area contributed by atoms with Crippen LogP contribution in [0.15, 0.2) is 23.1 Å². The van der Waals surface area contributed by atoms with Gasteiger partial charge >= 0.3 is 29.6 Å². The number of benzene rings is 1. The molecule has 0 radical (unpaired) electrons. The fourth-order valence-electron chi connectivity index (χ4n) is 2.81.